The summed E-state index contributed by atoms with van der Waals surface area (Å²) in [5.74, 6) is 0.709. The van der Waals surface area contributed by atoms with Crippen molar-refractivity contribution in [2.75, 3.05) is 0 Å². The summed E-state index contributed by atoms with van der Waals surface area (Å²) in [6.45, 7) is 19.9. The van der Waals surface area contributed by atoms with Gasteiger partial charge in [0, 0.05) is 5.41 Å². The van der Waals surface area contributed by atoms with Crippen LogP contribution in [0.4, 0.5) is 0 Å². The maximum Gasteiger partial charge on any atom is 0.0158 e. The Labute approximate surface area is 363 Å². The number of allylic oxidation sites excluding steroid dienone is 4. The van der Waals surface area contributed by atoms with Crippen molar-refractivity contribution in [3.05, 3.63) is 232 Å². The third kappa shape index (κ3) is 12.6. The van der Waals surface area contributed by atoms with Gasteiger partial charge in [0.1, 0.15) is 0 Å². The van der Waals surface area contributed by atoms with E-state index in [-0.39, 0.29) is 5.41 Å². The molecule has 2 aliphatic carbocycles. The number of hydrogen-bond acceptors (Lipinski definition) is 0. The molecule has 0 saturated heterocycles. The third-order valence-electron chi connectivity index (χ3n) is 11.9. The van der Waals surface area contributed by atoms with Crippen LogP contribution in [-0.2, 0) is 11.8 Å². The highest BCUT2D eigenvalue weighted by Crippen LogP contribution is 2.48. The van der Waals surface area contributed by atoms with E-state index in [0.29, 0.717) is 5.92 Å². The summed E-state index contributed by atoms with van der Waals surface area (Å²) in [6.07, 6.45) is 10.5. The van der Waals surface area contributed by atoms with Crippen molar-refractivity contribution in [2.45, 2.75) is 106 Å². The maximum atomic E-state index is 2.40. The Morgan fingerprint density at radius 1 is 0.533 bits per heavy atom. The first-order valence-corrected chi connectivity index (χ1v) is 22.2. The van der Waals surface area contributed by atoms with Gasteiger partial charge in [0.05, 0.1) is 0 Å². The fraction of sp³-hybridized carbons (Fsp3) is 0.267. The molecule has 0 nitrogen and oxygen atoms in total. The van der Waals surface area contributed by atoms with Gasteiger partial charge in [0.25, 0.3) is 0 Å². The summed E-state index contributed by atoms with van der Waals surface area (Å²) in [5, 5.41) is 2.68. The van der Waals surface area contributed by atoms with Crippen LogP contribution in [0.1, 0.15) is 118 Å². The molecule has 0 bridgehead atoms. The summed E-state index contributed by atoms with van der Waals surface area (Å²) < 4.78 is 0. The van der Waals surface area contributed by atoms with Crippen LogP contribution in [0.5, 0.6) is 0 Å². The van der Waals surface area contributed by atoms with Crippen molar-refractivity contribution in [1.82, 2.24) is 0 Å². The van der Waals surface area contributed by atoms with E-state index in [9.17, 15) is 0 Å². The second kappa shape index (κ2) is 22.6. The van der Waals surface area contributed by atoms with E-state index in [4.69, 9.17) is 0 Å². The standard InChI is InChI=1S/C18H20.C13H14.C11H10.C10H14.C8H10/c1-4-7-13-10-11-17-15(12-13)14-8-5-6-9-16(14)18(17,2)3;1-11-7-9-13(10-8-11)12-5-3-2-4-6-12;1-9-5-4-7-10-6-2-3-8-11(9)10;1-3-9(2)10-7-5-4-6-8-10;1-7-3-5-8(2)6-4-7/h5-6,8-12H,4,7H2,1-3H3;2-7,9H,8,10H2,1H3;2-8H,1H3;4-9H,3H2,1-2H3;3-6H,1-2H3. The fourth-order valence-corrected chi connectivity index (χ4v) is 7.89. The third-order valence-corrected chi connectivity index (χ3v) is 11.9. The van der Waals surface area contributed by atoms with Crippen LogP contribution in [0.3, 0.4) is 0 Å². The molecule has 2 aliphatic rings. The molecule has 1 atom stereocenters. The highest BCUT2D eigenvalue weighted by Gasteiger charge is 2.34. The molecule has 0 saturated carbocycles. The van der Waals surface area contributed by atoms with Crippen LogP contribution in [0.25, 0.3) is 27.5 Å². The molecular formula is C60H68. The molecule has 60 heavy (non-hydrogen) atoms. The molecule has 0 heterocycles. The molecule has 9 rings (SSSR count). The zero-order valence-corrected chi connectivity index (χ0v) is 37.9. The number of aryl methyl sites for hydroxylation is 4. The largest absolute Gasteiger partial charge is 0.0730 e. The van der Waals surface area contributed by atoms with Crippen LogP contribution in [0, 0.1) is 20.8 Å². The van der Waals surface area contributed by atoms with Crippen molar-refractivity contribution in [1.29, 1.82) is 0 Å². The minimum atomic E-state index is 0.149. The van der Waals surface area contributed by atoms with E-state index in [1.165, 1.54) is 110 Å². The van der Waals surface area contributed by atoms with Gasteiger partial charge in [-0.25, -0.2) is 0 Å². The number of rotatable bonds is 5. The quantitative estimate of drug-likeness (QED) is 0.163. The number of benzene rings is 7. The van der Waals surface area contributed by atoms with Gasteiger partial charge < -0.3 is 0 Å². The smallest absolute Gasteiger partial charge is 0.0158 e. The van der Waals surface area contributed by atoms with E-state index in [2.05, 4.69) is 244 Å². The average Bonchev–Trinajstić information content (AvgIpc) is 3.51. The van der Waals surface area contributed by atoms with Gasteiger partial charge >= 0.3 is 0 Å². The van der Waals surface area contributed by atoms with E-state index in [1.807, 2.05) is 0 Å². The van der Waals surface area contributed by atoms with Gasteiger partial charge in [-0.3, -0.25) is 0 Å². The Hall–Kier alpha value is -5.72. The average molecular weight is 789 g/mol. The van der Waals surface area contributed by atoms with Gasteiger partial charge in [0.2, 0.25) is 0 Å². The molecular weight excluding hydrogens is 721 g/mol. The Bertz CT molecular complexity index is 2400. The second-order valence-electron chi connectivity index (χ2n) is 17.0. The summed E-state index contributed by atoms with van der Waals surface area (Å²) >= 11 is 0. The highest BCUT2D eigenvalue weighted by molar-refractivity contribution is 5.85. The number of fused-ring (bicyclic) bond motifs is 4. The summed E-state index contributed by atoms with van der Waals surface area (Å²) in [7, 11) is 0. The van der Waals surface area contributed by atoms with Crippen LogP contribution in [-0.4, -0.2) is 0 Å². The van der Waals surface area contributed by atoms with Crippen molar-refractivity contribution >= 4 is 16.3 Å². The zero-order chi connectivity index (χ0) is 42.9. The van der Waals surface area contributed by atoms with Gasteiger partial charge in [0.15, 0.2) is 0 Å². The summed E-state index contributed by atoms with van der Waals surface area (Å²) in [6, 6.07) is 60.4. The minimum absolute atomic E-state index is 0.149. The first kappa shape index (κ1) is 45.4. The van der Waals surface area contributed by atoms with Crippen LogP contribution < -0.4 is 0 Å². The monoisotopic (exact) mass is 789 g/mol. The normalized spacial score (nSPS) is 13.4. The van der Waals surface area contributed by atoms with E-state index < -0.39 is 0 Å². The summed E-state index contributed by atoms with van der Waals surface area (Å²) in [4.78, 5) is 0. The van der Waals surface area contributed by atoms with Crippen LogP contribution in [0.2, 0.25) is 0 Å². The Morgan fingerprint density at radius 3 is 1.73 bits per heavy atom. The zero-order valence-electron chi connectivity index (χ0n) is 37.9. The van der Waals surface area contributed by atoms with Gasteiger partial charge in [-0.1, -0.05) is 240 Å². The molecule has 0 spiro atoms. The van der Waals surface area contributed by atoms with E-state index in [0.717, 1.165) is 0 Å². The SMILES string of the molecule is CC1=CC=C(c2ccccc2)CC1.CCC(C)c1ccccc1.CCCc1ccc2c(c1)-c1ccccc1C2(C)C.Cc1ccc(C)cc1.Cc1cccc2ccccc12. The van der Waals surface area contributed by atoms with Crippen LogP contribution in [0.15, 0.2) is 188 Å². The predicted molar refractivity (Wildman–Crippen MR) is 265 cm³/mol. The molecule has 0 N–H and O–H groups in total. The Balaban J connectivity index is 0.000000146. The van der Waals surface area contributed by atoms with Gasteiger partial charge in [-0.05, 0) is 120 Å². The van der Waals surface area contributed by atoms with Crippen molar-refractivity contribution in [3.63, 3.8) is 0 Å². The molecule has 0 amide bonds. The van der Waals surface area contributed by atoms with Crippen molar-refractivity contribution in [3.8, 4) is 11.1 Å². The Kier molecular flexibility index (Phi) is 17.1. The van der Waals surface area contributed by atoms with E-state index in [1.54, 1.807) is 0 Å². The second-order valence-corrected chi connectivity index (χ2v) is 17.0. The van der Waals surface area contributed by atoms with Crippen LogP contribution >= 0.6 is 0 Å². The maximum absolute atomic E-state index is 2.40. The lowest BCUT2D eigenvalue weighted by atomic mass is 9.82. The molecule has 308 valence electrons. The molecule has 0 fully saturated rings. The molecule has 0 aromatic heterocycles. The summed E-state index contributed by atoms with van der Waals surface area (Å²) in [5.41, 5.74) is 17.2. The highest BCUT2D eigenvalue weighted by atomic mass is 14.4. The lowest BCUT2D eigenvalue weighted by Crippen LogP contribution is -2.14. The molecule has 7 aromatic carbocycles. The molecule has 0 heteroatoms. The molecule has 0 aliphatic heterocycles. The minimum Gasteiger partial charge on any atom is -0.0730 e. The van der Waals surface area contributed by atoms with Crippen molar-refractivity contribution in [2.24, 2.45) is 0 Å². The predicted octanol–water partition coefficient (Wildman–Crippen LogP) is 17.4. The van der Waals surface area contributed by atoms with Gasteiger partial charge in [-0.15, -0.1) is 0 Å². The lowest BCUT2D eigenvalue weighted by Gasteiger charge is -2.21. The van der Waals surface area contributed by atoms with E-state index >= 15 is 0 Å². The molecule has 0 radical (unpaired) electrons. The number of hydrogen-bond donors (Lipinski definition) is 0. The molecule has 7 aromatic rings. The lowest BCUT2D eigenvalue weighted by molar-refractivity contribution is 0.660. The fourth-order valence-electron chi connectivity index (χ4n) is 7.89. The van der Waals surface area contributed by atoms with Crippen molar-refractivity contribution < 1.29 is 0 Å². The van der Waals surface area contributed by atoms with Gasteiger partial charge in [-0.2, -0.15) is 0 Å². The topological polar surface area (TPSA) is 0 Å². The Morgan fingerprint density at radius 2 is 1.12 bits per heavy atom. The molecule has 1 unspecified atom stereocenters. The first-order chi connectivity index (χ1) is 29.0. The first-order valence-electron chi connectivity index (χ1n) is 22.2.